The molecule has 0 unspecified atom stereocenters. The number of aliphatic hydroxyl groups excluding tert-OH is 1. The van der Waals surface area contributed by atoms with Crippen molar-refractivity contribution < 1.29 is 43.4 Å². The Bertz CT molecular complexity index is 1020. The molecule has 0 saturated heterocycles. The minimum absolute atomic E-state index is 0.0353. The number of aliphatic hydroxyl groups is 1. The quantitative estimate of drug-likeness (QED) is 0.143. The zero-order valence-corrected chi connectivity index (χ0v) is 22.9. The monoisotopic (exact) mass is 550 g/mol. The standard InChI is InChI=1S/C26H38N4O9/c1-17(28-25(36)39-26(2,3)4)23(34)30(38-16-18-10-7-6-8-11-18)21(19(14-31)12-9-13-27)22(33)29-20(15-32)24(35)37-5/h6-8,10-11,17,20-21,32H,9,12-13,15-16,27H2,1-5H3,(H,28,36)(H,29,33)/t17-,20-,21-/m0/s1. The Balaban J connectivity index is 3.47. The number of hydrogen-bond acceptors (Lipinski definition) is 10. The fraction of sp³-hybridized carbons (Fsp3) is 0.538. The molecule has 5 N–H and O–H groups in total. The minimum atomic E-state index is -1.73. The van der Waals surface area contributed by atoms with Gasteiger partial charge in [0.05, 0.1) is 13.7 Å². The summed E-state index contributed by atoms with van der Waals surface area (Å²) in [6.45, 7) is 5.43. The van der Waals surface area contributed by atoms with Crippen LogP contribution in [0.15, 0.2) is 35.9 Å². The summed E-state index contributed by atoms with van der Waals surface area (Å²) in [6.07, 6.45) is -0.666. The van der Waals surface area contributed by atoms with E-state index in [0.29, 0.717) is 10.6 Å². The topological polar surface area (TPSA) is 187 Å². The number of esters is 1. The van der Waals surface area contributed by atoms with Gasteiger partial charge < -0.3 is 30.9 Å². The van der Waals surface area contributed by atoms with E-state index in [1.165, 1.54) is 6.92 Å². The molecule has 0 heterocycles. The Kier molecular flexibility index (Phi) is 13.9. The second-order valence-corrected chi connectivity index (χ2v) is 9.48. The Hall–Kier alpha value is -3.77. The molecule has 13 nitrogen and oxygen atoms in total. The van der Waals surface area contributed by atoms with E-state index in [2.05, 4.69) is 15.4 Å². The number of alkyl carbamates (subject to hydrolysis) is 1. The van der Waals surface area contributed by atoms with E-state index in [0.717, 1.165) is 7.11 Å². The number of carbonyl (C=O) groups is 4. The maximum absolute atomic E-state index is 13.6. The second-order valence-electron chi connectivity index (χ2n) is 9.48. The number of hydrogen-bond donors (Lipinski definition) is 4. The highest BCUT2D eigenvalue weighted by atomic mass is 16.7. The first kappa shape index (κ1) is 33.3. The van der Waals surface area contributed by atoms with E-state index in [4.69, 9.17) is 15.3 Å². The van der Waals surface area contributed by atoms with Gasteiger partial charge in [0.25, 0.3) is 11.8 Å². The van der Waals surface area contributed by atoms with Gasteiger partial charge in [-0.15, -0.1) is 0 Å². The number of rotatable bonds is 14. The van der Waals surface area contributed by atoms with Crippen LogP contribution in [0.25, 0.3) is 0 Å². The predicted molar refractivity (Wildman–Crippen MR) is 139 cm³/mol. The van der Waals surface area contributed by atoms with Crippen molar-refractivity contribution in [3.63, 3.8) is 0 Å². The summed E-state index contributed by atoms with van der Waals surface area (Å²) >= 11 is 0. The molecule has 3 amide bonds. The number of ether oxygens (including phenoxy) is 2. The summed E-state index contributed by atoms with van der Waals surface area (Å²) in [7, 11) is 1.06. The van der Waals surface area contributed by atoms with Crippen LogP contribution in [0.5, 0.6) is 0 Å². The average Bonchev–Trinajstić information content (AvgIpc) is 2.89. The Labute approximate surface area is 227 Å². The van der Waals surface area contributed by atoms with Gasteiger partial charge in [0.2, 0.25) is 0 Å². The summed E-state index contributed by atoms with van der Waals surface area (Å²) < 4.78 is 9.78. The minimum Gasteiger partial charge on any atom is -0.467 e. The molecule has 0 spiro atoms. The predicted octanol–water partition coefficient (Wildman–Crippen LogP) is 0.376. The Morgan fingerprint density at radius 1 is 1.13 bits per heavy atom. The van der Waals surface area contributed by atoms with Crippen molar-refractivity contribution in [2.75, 3.05) is 20.3 Å². The molecule has 1 aromatic carbocycles. The lowest BCUT2D eigenvalue weighted by Crippen LogP contribution is -2.58. The highest BCUT2D eigenvalue weighted by molar-refractivity contribution is 5.95. The number of hydroxylamine groups is 2. The maximum atomic E-state index is 13.6. The molecular weight excluding hydrogens is 512 g/mol. The molecule has 0 radical (unpaired) electrons. The van der Waals surface area contributed by atoms with Gasteiger partial charge in [0.1, 0.15) is 24.2 Å². The lowest BCUT2D eigenvalue weighted by atomic mass is 10.0. The van der Waals surface area contributed by atoms with Gasteiger partial charge in [-0.25, -0.2) is 19.4 Å². The molecule has 1 rings (SSSR count). The molecule has 0 aliphatic carbocycles. The molecule has 39 heavy (non-hydrogen) atoms. The molecule has 0 fully saturated rings. The van der Waals surface area contributed by atoms with Crippen LogP contribution < -0.4 is 16.4 Å². The van der Waals surface area contributed by atoms with Crippen molar-refractivity contribution in [2.45, 2.75) is 70.9 Å². The van der Waals surface area contributed by atoms with Crippen LogP contribution in [-0.4, -0.2) is 84.0 Å². The summed E-state index contributed by atoms with van der Waals surface area (Å²) in [4.78, 5) is 69.1. The molecule has 1 aromatic rings. The number of nitrogens with two attached hydrogens (primary N) is 1. The van der Waals surface area contributed by atoms with Crippen LogP contribution in [0.2, 0.25) is 0 Å². The van der Waals surface area contributed by atoms with E-state index in [1.807, 2.05) is 0 Å². The zero-order valence-electron chi connectivity index (χ0n) is 22.9. The summed E-state index contributed by atoms with van der Waals surface area (Å²) in [6, 6.07) is 4.18. The molecule has 0 bridgehead atoms. The normalized spacial score (nSPS) is 13.2. The molecule has 0 aromatic heterocycles. The third-order valence-corrected chi connectivity index (χ3v) is 5.11. The summed E-state index contributed by atoms with van der Waals surface area (Å²) in [5.74, 6) is -1.20. The largest absolute Gasteiger partial charge is 0.467 e. The van der Waals surface area contributed by atoms with E-state index < -0.39 is 54.2 Å². The SMILES string of the molecule is COC(=O)[C@H](CO)NC(=O)[C@H](C(=C=O)CCCN)N(OCc1ccccc1)C(=O)[C@H](C)NC(=O)OC(C)(C)C. The van der Waals surface area contributed by atoms with Crippen LogP contribution in [0.4, 0.5) is 4.79 Å². The average molecular weight is 551 g/mol. The van der Waals surface area contributed by atoms with Crippen molar-refractivity contribution in [2.24, 2.45) is 5.73 Å². The van der Waals surface area contributed by atoms with Crippen LogP contribution in [0.3, 0.4) is 0 Å². The smallest absolute Gasteiger partial charge is 0.408 e. The van der Waals surface area contributed by atoms with Gasteiger partial charge in [-0.1, -0.05) is 30.3 Å². The van der Waals surface area contributed by atoms with Gasteiger partial charge in [-0.05, 0) is 52.6 Å². The van der Waals surface area contributed by atoms with Gasteiger partial charge in [-0.2, -0.15) is 0 Å². The van der Waals surface area contributed by atoms with Crippen molar-refractivity contribution in [1.82, 2.24) is 15.7 Å². The van der Waals surface area contributed by atoms with Gasteiger partial charge in [0.15, 0.2) is 12.1 Å². The highest BCUT2D eigenvalue weighted by Gasteiger charge is 2.39. The summed E-state index contributed by atoms with van der Waals surface area (Å²) in [5.41, 5.74) is 5.16. The molecular formula is C26H38N4O9. The van der Waals surface area contributed by atoms with Gasteiger partial charge in [0, 0.05) is 5.57 Å². The first-order valence-electron chi connectivity index (χ1n) is 12.3. The third-order valence-electron chi connectivity index (χ3n) is 5.11. The first-order valence-corrected chi connectivity index (χ1v) is 12.3. The Morgan fingerprint density at radius 2 is 1.77 bits per heavy atom. The maximum Gasteiger partial charge on any atom is 0.408 e. The first-order chi connectivity index (χ1) is 18.4. The molecule has 0 aliphatic heterocycles. The van der Waals surface area contributed by atoms with Crippen molar-refractivity contribution >= 4 is 29.8 Å². The lowest BCUT2D eigenvalue weighted by molar-refractivity contribution is -0.205. The fourth-order valence-electron chi connectivity index (χ4n) is 3.24. The summed E-state index contributed by atoms with van der Waals surface area (Å²) in [5, 5.41) is 14.9. The highest BCUT2D eigenvalue weighted by Crippen LogP contribution is 2.19. The van der Waals surface area contributed by atoms with Crippen LogP contribution in [-0.2, 0) is 40.1 Å². The number of carbonyl (C=O) groups excluding carboxylic acids is 5. The van der Waals surface area contributed by atoms with Crippen LogP contribution >= 0.6 is 0 Å². The van der Waals surface area contributed by atoms with Crippen molar-refractivity contribution in [3.05, 3.63) is 41.5 Å². The third kappa shape index (κ3) is 11.2. The molecule has 216 valence electrons. The molecule has 0 aliphatic rings. The van der Waals surface area contributed by atoms with Crippen LogP contribution in [0, 0.1) is 0 Å². The number of nitrogens with one attached hydrogen (secondary N) is 2. The van der Waals surface area contributed by atoms with E-state index >= 15 is 0 Å². The lowest BCUT2D eigenvalue weighted by Gasteiger charge is -2.33. The zero-order chi connectivity index (χ0) is 29.6. The fourth-order valence-corrected chi connectivity index (χ4v) is 3.24. The molecule has 3 atom stereocenters. The number of methoxy groups -OCH3 is 1. The number of benzene rings is 1. The molecule has 0 saturated carbocycles. The number of amides is 3. The van der Waals surface area contributed by atoms with Crippen molar-refractivity contribution in [3.8, 4) is 0 Å². The van der Waals surface area contributed by atoms with E-state index in [1.54, 1.807) is 57.0 Å². The van der Waals surface area contributed by atoms with Crippen LogP contribution in [0.1, 0.15) is 46.1 Å². The van der Waals surface area contributed by atoms with Crippen molar-refractivity contribution in [1.29, 1.82) is 0 Å². The van der Waals surface area contributed by atoms with E-state index in [9.17, 15) is 29.1 Å². The van der Waals surface area contributed by atoms with E-state index in [-0.39, 0.29) is 31.6 Å². The molecule has 13 heteroatoms. The second kappa shape index (κ2) is 16.2. The Morgan fingerprint density at radius 3 is 2.28 bits per heavy atom. The van der Waals surface area contributed by atoms with Gasteiger partial charge in [-0.3, -0.25) is 14.4 Å². The van der Waals surface area contributed by atoms with Gasteiger partial charge >= 0.3 is 12.1 Å². The number of nitrogens with zero attached hydrogens (tertiary/aromatic N) is 1.